The Kier molecular flexibility index (Phi) is 5.04. The molecule has 0 spiro atoms. The van der Waals surface area contributed by atoms with Crippen LogP contribution in [-0.4, -0.2) is 37.0 Å². The van der Waals surface area contributed by atoms with E-state index in [1.165, 1.54) is 12.1 Å². The lowest BCUT2D eigenvalue weighted by molar-refractivity contribution is -0.125. The predicted octanol–water partition coefficient (Wildman–Crippen LogP) is 3.38. The van der Waals surface area contributed by atoms with E-state index in [0.717, 1.165) is 23.4 Å². The molecule has 1 aliphatic heterocycles. The first-order valence-corrected chi connectivity index (χ1v) is 8.44. The van der Waals surface area contributed by atoms with Crippen molar-refractivity contribution in [1.29, 1.82) is 0 Å². The molecule has 1 fully saturated rings. The fourth-order valence-electron chi connectivity index (χ4n) is 3.20. The average molecular weight is 342 g/mol. The quantitative estimate of drug-likeness (QED) is 0.854. The number of carbonyl (C=O) groups excluding carboxylic acids is 1. The summed E-state index contributed by atoms with van der Waals surface area (Å²) in [4.78, 5) is 16.9. The number of aryl methyl sites for hydroxylation is 1. The lowest BCUT2D eigenvalue weighted by Gasteiger charge is -2.39. The first kappa shape index (κ1) is 17.4. The van der Waals surface area contributed by atoms with Gasteiger partial charge in [-0.1, -0.05) is 18.2 Å². The lowest BCUT2D eigenvalue weighted by Crippen LogP contribution is -2.55. The summed E-state index contributed by atoms with van der Waals surface area (Å²) >= 11 is 0. The Labute approximate surface area is 147 Å². The van der Waals surface area contributed by atoms with E-state index < -0.39 is 0 Å². The number of ether oxygens (including phenoxy) is 1. The number of piperazine rings is 1. The van der Waals surface area contributed by atoms with Crippen molar-refractivity contribution in [3.8, 4) is 5.75 Å². The van der Waals surface area contributed by atoms with Crippen LogP contribution >= 0.6 is 0 Å². The van der Waals surface area contributed by atoms with Gasteiger partial charge in [0, 0.05) is 19.6 Å². The summed E-state index contributed by atoms with van der Waals surface area (Å²) in [7, 11) is 1.62. The SMILES string of the molecule is COc1ccc(C)cc1N1CCN(Cc2ccc(F)cc2)[C@@H](C)C1=O. The number of anilines is 1. The van der Waals surface area contributed by atoms with Gasteiger partial charge in [-0.15, -0.1) is 0 Å². The van der Waals surface area contributed by atoms with Gasteiger partial charge in [0.1, 0.15) is 11.6 Å². The summed E-state index contributed by atoms with van der Waals surface area (Å²) in [6, 6.07) is 12.0. The largest absolute Gasteiger partial charge is 0.495 e. The van der Waals surface area contributed by atoms with E-state index >= 15 is 0 Å². The number of halogens is 1. The Morgan fingerprint density at radius 3 is 2.56 bits per heavy atom. The molecule has 1 saturated heterocycles. The minimum Gasteiger partial charge on any atom is -0.495 e. The maximum Gasteiger partial charge on any atom is 0.244 e. The van der Waals surface area contributed by atoms with Gasteiger partial charge >= 0.3 is 0 Å². The molecule has 5 heteroatoms. The molecule has 0 aliphatic carbocycles. The van der Waals surface area contributed by atoms with Crippen LogP contribution in [0.4, 0.5) is 10.1 Å². The molecule has 1 amide bonds. The molecule has 1 atom stereocenters. The van der Waals surface area contributed by atoms with Crippen molar-refractivity contribution in [2.24, 2.45) is 0 Å². The smallest absolute Gasteiger partial charge is 0.244 e. The van der Waals surface area contributed by atoms with Gasteiger partial charge in [-0.05, 0) is 49.2 Å². The molecule has 0 N–H and O–H groups in total. The highest BCUT2D eigenvalue weighted by Gasteiger charge is 2.33. The molecule has 0 aromatic heterocycles. The zero-order chi connectivity index (χ0) is 18.0. The molecule has 3 rings (SSSR count). The van der Waals surface area contributed by atoms with Crippen LogP contribution in [0.5, 0.6) is 5.75 Å². The van der Waals surface area contributed by atoms with E-state index in [4.69, 9.17) is 4.74 Å². The molecule has 1 aliphatic rings. The van der Waals surface area contributed by atoms with Crippen LogP contribution < -0.4 is 9.64 Å². The number of nitrogens with zero attached hydrogens (tertiary/aromatic N) is 2. The molecule has 25 heavy (non-hydrogen) atoms. The van der Waals surface area contributed by atoms with Crippen LogP contribution in [0.1, 0.15) is 18.1 Å². The highest BCUT2D eigenvalue weighted by molar-refractivity contribution is 5.99. The maximum atomic E-state index is 13.1. The van der Waals surface area contributed by atoms with E-state index in [2.05, 4.69) is 4.90 Å². The van der Waals surface area contributed by atoms with Crippen LogP contribution in [0.25, 0.3) is 0 Å². The molecular formula is C20H23FN2O2. The van der Waals surface area contributed by atoms with Crippen LogP contribution in [0.2, 0.25) is 0 Å². The minimum absolute atomic E-state index is 0.0530. The zero-order valence-corrected chi connectivity index (χ0v) is 14.8. The van der Waals surface area contributed by atoms with E-state index in [1.54, 1.807) is 24.1 Å². The van der Waals surface area contributed by atoms with Gasteiger partial charge in [0.05, 0.1) is 18.8 Å². The standard InChI is InChI=1S/C20H23FN2O2/c1-14-4-9-19(25-3)18(12-14)23-11-10-22(15(2)20(23)24)13-16-5-7-17(21)8-6-16/h4-9,12,15H,10-11,13H2,1-3H3/t15-/m0/s1. The summed E-state index contributed by atoms with van der Waals surface area (Å²) in [6.07, 6.45) is 0. The number of amides is 1. The normalized spacial score (nSPS) is 18.5. The minimum atomic E-state index is -0.246. The molecule has 2 aromatic rings. The Balaban J connectivity index is 1.77. The van der Waals surface area contributed by atoms with Crippen LogP contribution in [-0.2, 0) is 11.3 Å². The van der Waals surface area contributed by atoms with Crippen molar-refractivity contribution in [2.45, 2.75) is 26.4 Å². The second-order valence-corrected chi connectivity index (χ2v) is 6.44. The van der Waals surface area contributed by atoms with E-state index in [1.807, 2.05) is 32.0 Å². The molecule has 4 nitrogen and oxygen atoms in total. The predicted molar refractivity (Wildman–Crippen MR) is 96.4 cm³/mol. The fourth-order valence-corrected chi connectivity index (χ4v) is 3.20. The second kappa shape index (κ2) is 7.23. The van der Waals surface area contributed by atoms with Crippen molar-refractivity contribution in [1.82, 2.24) is 4.90 Å². The van der Waals surface area contributed by atoms with E-state index in [0.29, 0.717) is 18.8 Å². The topological polar surface area (TPSA) is 32.8 Å². The van der Waals surface area contributed by atoms with Gasteiger partial charge in [0.2, 0.25) is 5.91 Å². The average Bonchev–Trinajstić information content (AvgIpc) is 2.61. The number of hydrogen-bond acceptors (Lipinski definition) is 3. The fraction of sp³-hybridized carbons (Fsp3) is 0.350. The maximum absolute atomic E-state index is 13.1. The Morgan fingerprint density at radius 1 is 1.16 bits per heavy atom. The number of methoxy groups -OCH3 is 1. The van der Waals surface area contributed by atoms with Gasteiger partial charge in [-0.25, -0.2) is 4.39 Å². The van der Waals surface area contributed by atoms with Crippen molar-refractivity contribution >= 4 is 11.6 Å². The second-order valence-electron chi connectivity index (χ2n) is 6.44. The van der Waals surface area contributed by atoms with E-state index in [-0.39, 0.29) is 17.8 Å². The monoisotopic (exact) mass is 342 g/mol. The molecule has 0 saturated carbocycles. The molecule has 0 radical (unpaired) electrons. The highest BCUT2D eigenvalue weighted by Crippen LogP contribution is 2.31. The summed E-state index contributed by atoms with van der Waals surface area (Å²) in [6.45, 7) is 5.90. The van der Waals surface area contributed by atoms with Crippen LogP contribution in [0.3, 0.4) is 0 Å². The summed E-state index contributed by atoms with van der Waals surface area (Å²) in [5.74, 6) is 0.514. The van der Waals surface area contributed by atoms with Crippen LogP contribution in [0, 0.1) is 12.7 Å². The highest BCUT2D eigenvalue weighted by atomic mass is 19.1. The van der Waals surface area contributed by atoms with Gasteiger partial charge in [0.25, 0.3) is 0 Å². The molecule has 0 unspecified atom stereocenters. The third-order valence-electron chi connectivity index (χ3n) is 4.71. The number of hydrogen-bond donors (Lipinski definition) is 0. The lowest BCUT2D eigenvalue weighted by atomic mass is 10.1. The summed E-state index contributed by atoms with van der Waals surface area (Å²) < 4.78 is 18.5. The molecule has 0 bridgehead atoms. The van der Waals surface area contributed by atoms with Gasteiger partial charge in [0.15, 0.2) is 0 Å². The zero-order valence-electron chi connectivity index (χ0n) is 14.8. The van der Waals surface area contributed by atoms with Crippen molar-refractivity contribution in [3.63, 3.8) is 0 Å². The molecule has 2 aromatic carbocycles. The van der Waals surface area contributed by atoms with Gasteiger partial charge < -0.3 is 9.64 Å². The van der Waals surface area contributed by atoms with Crippen molar-refractivity contribution in [3.05, 3.63) is 59.4 Å². The number of rotatable bonds is 4. The molecule has 1 heterocycles. The third kappa shape index (κ3) is 3.66. The Bertz CT molecular complexity index is 761. The number of benzene rings is 2. The van der Waals surface area contributed by atoms with Crippen LogP contribution in [0.15, 0.2) is 42.5 Å². The first-order chi connectivity index (χ1) is 12.0. The summed E-state index contributed by atoms with van der Waals surface area (Å²) in [5.41, 5.74) is 2.91. The Morgan fingerprint density at radius 2 is 1.88 bits per heavy atom. The van der Waals surface area contributed by atoms with Crippen molar-refractivity contribution < 1.29 is 13.9 Å². The first-order valence-electron chi connectivity index (χ1n) is 8.44. The third-order valence-corrected chi connectivity index (χ3v) is 4.71. The van der Waals surface area contributed by atoms with Gasteiger partial charge in [-0.3, -0.25) is 9.69 Å². The number of carbonyl (C=O) groups is 1. The van der Waals surface area contributed by atoms with E-state index in [9.17, 15) is 9.18 Å². The Hall–Kier alpha value is -2.40. The molecular weight excluding hydrogens is 319 g/mol. The summed E-state index contributed by atoms with van der Waals surface area (Å²) in [5, 5.41) is 0. The van der Waals surface area contributed by atoms with Gasteiger partial charge in [-0.2, -0.15) is 0 Å². The molecule has 132 valence electrons. The van der Waals surface area contributed by atoms with Crippen molar-refractivity contribution in [2.75, 3.05) is 25.1 Å².